The number of methoxy groups -OCH3 is 1. The number of benzene rings is 2. The summed E-state index contributed by atoms with van der Waals surface area (Å²) in [5.74, 6) is 3.54. The minimum Gasteiger partial charge on any atom is -0.493 e. The molecule has 0 spiro atoms. The summed E-state index contributed by atoms with van der Waals surface area (Å²) in [5.41, 5.74) is 2.66. The van der Waals surface area contributed by atoms with Gasteiger partial charge in [0.1, 0.15) is 29.7 Å². The number of hydrogen-bond donors (Lipinski definition) is 2. The molecule has 0 atom stereocenters. The van der Waals surface area contributed by atoms with E-state index in [2.05, 4.69) is 25.6 Å². The van der Waals surface area contributed by atoms with Gasteiger partial charge in [0.25, 0.3) is 0 Å². The molecule has 36 heavy (non-hydrogen) atoms. The molecule has 4 aromatic rings. The van der Waals surface area contributed by atoms with E-state index >= 15 is 0 Å². The molecule has 1 aliphatic rings. The van der Waals surface area contributed by atoms with Gasteiger partial charge in [0.2, 0.25) is 0 Å². The van der Waals surface area contributed by atoms with Gasteiger partial charge in [-0.05, 0) is 74.8 Å². The zero-order chi connectivity index (χ0) is 23.3. The van der Waals surface area contributed by atoms with E-state index in [1.54, 1.807) is 25.8 Å². The van der Waals surface area contributed by atoms with Crippen LogP contribution in [0, 0.1) is 6.92 Å². The number of fused-ring (bicyclic) bond motifs is 1. The molecule has 0 unspecified atom stereocenters. The van der Waals surface area contributed by atoms with Crippen molar-refractivity contribution in [1.29, 1.82) is 0 Å². The van der Waals surface area contributed by atoms with E-state index in [0.29, 0.717) is 23.1 Å². The molecule has 10 heteroatoms. The van der Waals surface area contributed by atoms with Gasteiger partial charge in [0.15, 0.2) is 11.5 Å². The fourth-order valence-electron chi connectivity index (χ4n) is 4.02. The minimum atomic E-state index is 0. The van der Waals surface area contributed by atoms with Gasteiger partial charge in [-0.3, -0.25) is 4.98 Å². The topological polar surface area (TPSA) is 90.4 Å². The van der Waals surface area contributed by atoms with Gasteiger partial charge < -0.3 is 24.8 Å². The summed E-state index contributed by atoms with van der Waals surface area (Å²) in [6, 6.07) is 13.5. The number of pyridine rings is 1. The first-order chi connectivity index (χ1) is 16.7. The molecule has 3 heterocycles. The zero-order valence-electron chi connectivity index (χ0n) is 20.1. The van der Waals surface area contributed by atoms with Crippen LogP contribution in [0.3, 0.4) is 0 Å². The third-order valence-electron chi connectivity index (χ3n) is 5.80. The fourth-order valence-corrected chi connectivity index (χ4v) is 4.02. The summed E-state index contributed by atoms with van der Waals surface area (Å²) in [6.45, 7) is 3.91. The number of hydrogen-bond acceptors (Lipinski definition) is 8. The molecular weight excluding hydrogens is 501 g/mol. The Morgan fingerprint density at radius 2 is 1.81 bits per heavy atom. The lowest BCUT2D eigenvalue weighted by Gasteiger charge is -2.25. The van der Waals surface area contributed by atoms with Gasteiger partial charge in [-0.2, -0.15) is 0 Å². The SMILES string of the molecule is COc1cc2ncnc(Nc3ccc(Oc4cccnc4)c(C)c3)c2cc1OC1CCNCC1.Cl.Cl. The Bertz CT molecular complexity index is 1290. The molecule has 1 saturated heterocycles. The molecule has 0 radical (unpaired) electrons. The van der Waals surface area contributed by atoms with Crippen LogP contribution in [-0.4, -0.2) is 41.3 Å². The molecule has 2 aromatic heterocycles. The summed E-state index contributed by atoms with van der Waals surface area (Å²) in [5, 5.41) is 7.65. The van der Waals surface area contributed by atoms with Crippen LogP contribution in [0.25, 0.3) is 10.9 Å². The summed E-state index contributed by atoms with van der Waals surface area (Å²) >= 11 is 0. The highest BCUT2D eigenvalue weighted by Gasteiger charge is 2.18. The first-order valence-electron chi connectivity index (χ1n) is 11.4. The standard InChI is InChI=1S/C26H27N5O3.2ClH/c1-17-12-18(5-6-23(17)34-20-4-3-9-28-15-20)31-26-21-13-25(33-19-7-10-27-11-8-19)24(32-2)14-22(21)29-16-30-26;;/h3-6,9,12-16,19,27H,7-8,10-11H2,1-2H3,(H,29,30,31);2*1H. The highest BCUT2D eigenvalue weighted by atomic mass is 35.5. The number of anilines is 2. The van der Waals surface area contributed by atoms with Gasteiger partial charge in [0.05, 0.1) is 18.8 Å². The molecule has 190 valence electrons. The summed E-state index contributed by atoms with van der Waals surface area (Å²) in [4.78, 5) is 13.0. The molecule has 2 aromatic carbocycles. The molecule has 2 N–H and O–H groups in total. The lowest BCUT2D eigenvalue weighted by molar-refractivity contribution is 0.157. The van der Waals surface area contributed by atoms with Crippen LogP contribution >= 0.6 is 24.8 Å². The van der Waals surface area contributed by atoms with Crippen molar-refractivity contribution in [1.82, 2.24) is 20.3 Å². The van der Waals surface area contributed by atoms with Crippen LogP contribution in [0.4, 0.5) is 11.5 Å². The van der Waals surface area contributed by atoms with Crippen molar-refractivity contribution >= 4 is 47.2 Å². The molecule has 0 amide bonds. The second-order valence-electron chi connectivity index (χ2n) is 8.21. The summed E-state index contributed by atoms with van der Waals surface area (Å²) in [6.07, 6.45) is 7.04. The number of nitrogens with zero attached hydrogens (tertiary/aromatic N) is 3. The summed E-state index contributed by atoms with van der Waals surface area (Å²) < 4.78 is 17.9. The Morgan fingerprint density at radius 1 is 0.972 bits per heavy atom. The van der Waals surface area contributed by atoms with Gasteiger partial charge in [0, 0.05) is 23.3 Å². The van der Waals surface area contributed by atoms with E-state index in [4.69, 9.17) is 14.2 Å². The molecule has 5 rings (SSSR count). The first-order valence-corrected chi connectivity index (χ1v) is 11.4. The van der Waals surface area contributed by atoms with E-state index in [-0.39, 0.29) is 30.9 Å². The predicted octanol–water partition coefficient (Wildman–Crippen LogP) is 5.85. The normalized spacial score (nSPS) is 13.3. The lowest BCUT2D eigenvalue weighted by atomic mass is 10.1. The minimum absolute atomic E-state index is 0. The first kappa shape index (κ1) is 27.3. The maximum Gasteiger partial charge on any atom is 0.162 e. The molecule has 1 aliphatic heterocycles. The van der Waals surface area contributed by atoms with Crippen LogP contribution in [0.15, 0.2) is 61.2 Å². The van der Waals surface area contributed by atoms with E-state index in [1.165, 1.54) is 0 Å². The molecule has 0 bridgehead atoms. The van der Waals surface area contributed by atoms with Gasteiger partial charge in [-0.25, -0.2) is 9.97 Å². The van der Waals surface area contributed by atoms with Crippen LogP contribution in [-0.2, 0) is 0 Å². The van der Waals surface area contributed by atoms with Crippen molar-refractivity contribution in [3.63, 3.8) is 0 Å². The van der Waals surface area contributed by atoms with Crippen LogP contribution < -0.4 is 24.8 Å². The van der Waals surface area contributed by atoms with Crippen LogP contribution in [0.2, 0.25) is 0 Å². The van der Waals surface area contributed by atoms with Gasteiger partial charge in [-0.15, -0.1) is 24.8 Å². The number of rotatable bonds is 7. The highest BCUT2D eigenvalue weighted by molar-refractivity contribution is 5.93. The highest BCUT2D eigenvalue weighted by Crippen LogP contribution is 2.36. The quantitative estimate of drug-likeness (QED) is 0.308. The molecule has 0 saturated carbocycles. The van der Waals surface area contributed by atoms with Crippen molar-refractivity contribution in [2.75, 3.05) is 25.5 Å². The zero-order valence-corrected chi connectivity index (χ0v) is 21.7. The van der Waals surface area contributed by atoms with Crippen molar-refractivity contribution in [3.8, 4) is 23.0 Å². The molecule has 8 nitrogen and oxygen atoms in total. The molecular formula is C26H29Cl2N5O3. The van der Waals surface area contributed by atoms with Crippen molar-refractivity contribution < 1.29 is 14.2 Å². The van der Waals surface area contributed by atoms with Crippen molar-refractivity contribution in [2.45, 2.75) is 25.9 Å². The number of ether oxygens (including phenoxy) is 3. The average Bonchev–Trinajstić information content (AvgIpc) is 2.87. The third-order valence-corrected chi connectivity index (χ3v) is 5.80. The Hall–Kier alpha value is -3.33. The van der Waals surface area contributed by atoms with Gasteiger partial charge in [-0.1, -0.05) is 0 Å². The van der Waals surface area contributed by atoms with E-state index in [1.807, 2.05) is 49.4 Å². The second-order valence-corrected chi connectivity index (χ2v) is 8.21. The number of aromatic nitrogens is 3. The summed E-state index contributed by atoms with van der Waals surface area (Å²) in [7, 11) is 1.65. The fraction of sp³-hybridized carbons (Fsp3) is 0.269. The molecule has 1 fully saturated rings. The van der Waals surface area contributed by atoms with Crippen LogP contribution in [0.5, 0.6) is 23.0 Å². The second kappa shape index (κ2) is 12.6. The maximum absolute atomic E-state index is 6.31. The Balaban J connectivity index is 0.00000180. The van der Waals surface area contributed by atoms with E-state index in [9.17, 15) is 0 Å². The predicted molar refractivity (Wildman–Crippen MR) is 146 cm³/mol. The smallest absolute Gasteiger partial charge is 0.162 e. The van der Waals surface area contributed by atoms with Crippen molar-refractivity contribution in [2.24, 2.45) is 0 Å². The average molecular weight is 530 g/mol. The lowest BCUT2D eigenvalue weighted by Crippen LogP contribution is -2.34. The number of halogens is 2. The van der Waals surface area contributed by atoms with Crippen molar-refractivity contribution in [3.05, 3.63) is 66.7 Å². The largest absolute Gasteiger partial charge is 0.493 e. The Morgan fingerprint density at radius 3 is 2.53 bits per heavy atom. The monoisotopic (exact) mass is 529 g/mol. The number of aryl methyl sites for hydroxylation is 1. The molecule has 0 aliphatic carbocycles. The van der Waals surface area contributed by atoms with E-state index < -0.39 is 0 Å². The third kappa shape index (κ3) is 6.26. The van der Waals surface area contributed by atoms with Crippen LogP contribution in [0.1, 0.15) is 18.4 Å². The van der Waals surface area contributed by atoms with Gasteiger partial charge >= 0.3 is 0 Å². The Kier molecular flexibility index (Phi) is 9.52. The van der Waals surface area contributed by atoms with E-state index in [0.717, 1.165) is 53.8 Å². The maximum atomic E-state index is 6.31. The number of nitrogens with one attached hydrogen (secondary N) is 2. The number of piperidine rings is 1. The Labute approximate surface area is 222 Å².